The molecule has 0 bridgehead atoms. The maximum Gasteiger partial charge on any atom is 0.136 e. The normalized spacial score (nSPS) is 19.4. The average Bonchev–Trinajstić information content (AvgIpc) is 2.72. The third-order valence-electron chi connectivity index (χ3n) is 2.26. The second-order valence-corrected chi connectivity index (χ2v) is 3.54. The Labute approximate surface area is 68.5 Å². The van der Waals surface area contributed by atoms with Crippen molar-refractivity contribution in [1.82, 2.24) is 0 Å². The largest absolute Gasteiger partial charge is 0.299 e. The molecule has 0 saturated heterocycles. The van der Waals surface area contributed by atoms with Crippen LogP contribution in [0.1, 0.15) is 32.6 Å². The monoisotopic (exact) mass is 152 g/mol. The van der Waals surface area contributed by atoms with Gasteiger partial charge in [0.1, 0.15) is 5.78 Å². The Balaban J connectivity index is 2.20. The lowest BCUT2D eigenvalue weighted by atomic mass is 9.98. The Kier molecular flexibility index (Phi) is 2.86. The lowest BCUT2D eigenvalue weighted by Gasteiger charge is -2.05. The SMILES string of the molecule is C=CC[C@@H](C)C(=O)CC1CC1. The number of hydrogen-bond acceptors (Lipinski definition) is 1. The van der Waals surface area contributed by atoms with Crippen molar-refractivity contribution in [2.24, 2.45) is 11.8 Å². The summed E-state index contributed by atoms with van der Waals surface area (Å²) in [5.74, 6) is 1.36. The van der Waals surface area contributed by atoms with Gasteiger partial charge in [-0.15, -0.1) is 6.58 Å². The van der Waals surface area contributed by atoms with Crippen molar-refractivity contribution >= 4 is 5.78 Å². The van der Waals surface area contributed by atoms with Crippen LogP contribution in [0.5, 0.6) is 0 Å². The predicted octanol–water partition coefficient (Wildman–Crippen LogP) is 2.57. The summed E-state index contributed by atoms with van der Waals surface area (Å²) in [6.07, 6.45) is 6.02. The summed E-state index contributed by atoms with van der Waals surface area (Å²) in [7, 11) is 0. The molecule has 0 radical (unpaired) electrons. The van der Waals surface area contributed by atoms with Gasteiger partial charge in [-0.05, 0) is 25.2 Å². The van der Waals surface area contributed by atoms with Crippen LogP contribution in [0.25, 0.3) is 0 Å². The Hall–Kier alpha value is -0.590. The Morgan fingerprint density at radius 3 is 2.82 bits per heavy atom. The van der Waals surface area contributed by atoms with Gasteiger partial charge in [-0.1, -0.05) is 13.0 Å². The zero-order valence-corrected chi connectivity index (χ0v) is 7.18. The van der Waals surface area contributed by atoms with E-state index < -0.39 is 0 Å². The van der Waals surface area contributed by atoms with E-state index in [9.17, 15) is 4.79 Å². The van der Waals surface area contributed by atoms with E-state index in [1.807, 2.05) is 13.0 Å². The number of hydrogen-bond donors (Lipinski definition) is 0. The van der Waals surface area contributed by atoms with Crippen molar-refractivity contribution in [1.29, 1.82) is 0 Å². The van der Waals surface area contributed by atoms with Crippen molar-refractivity contribution in [3.05, 3.63) is 12.7 Å². The first-order valence-corrected chi connectivity index (χ1v) is 4.37. The van der Waals surface area contributed by atoms with Gasteiger partial charge in [0.15, 0.2) is 0 Å². The molecule has 0 unspecified atom stereocenters. The minimum atomic E-state index is 0.202. The first-order chi connectivity index (χ1) is 5.24. The summed E-state index contributed by atoms with van der Waals surface area (Å²) < 4.78 is 0. The number of carbonyl (C=O) groups is 1. The standard InChI is InChI=1S/C10H16O/c1-3-4-8(2)10(11)7-9-5-6-9/h3,8-9H,1,4-7H2,2H3/t8-/m1/s1. The van der Waals surface area contributed by atoms with E-state index in [1.165, 1.54) is 12.8 Å². The molecule has 0 aromatic rings. The number of Topliss-reactive ketones (excluding diaryl/α,β-unsaturated/α-hetero) is 1. The lowest BCUT2D eigenvalue weighted by molar-refractivity contribution is -0.122. The molecular weight excluding hydrogens is 136 g/mol. The van der Waals surface area contributed by atoms with Gasteiger partial charge < -0.3 is 0 Å². The highest BCUT2D eigenvalue weighted by molar-refractivity contribution is 5.81. The first-order valence-electron chi connectivity index (χ1n) is 4.37. The molecule has 0 amide bonds. The fraction of sp³-hybridized carbons (Fsp3) is 0.700. The first kappa shape index (κ1) is 8.51. The molecule has 0 aliphatic heterocycles. The molecule has 0 aromatic heterocycles. The molecule has 11 heavy (non-hydrogen) atoms. The zero-order chi connectivity index (χ0) is 8.27. The van der Waals surface area contributed by atoms with Gasteiger partial charge >= 0.3 is 0 Å². The topological polar surface area (TPSA) is 17.1 Å². The maximum atomic E-state index is 11.3. The molecule has 1 aliphatic rings. The van der Waals surface area contributed by atoms with E-state index in [1.54, 1.807) is 0 Å². The van der Waals surface area contributed by atoms with Crippen LogP contribution in [-0.4, -0.2) is 5.78 Å². The quantitative estimate of drug-likeness (QED) is 0.553. The van der Waals surface area contributed by atoms with E-state index in [0.717, 1.165) is 18.8 Å². The number of rotatable bonds is 5. The van der Waals surface area contributed by atoms with Crippen LogP contribution < -0.4 is 0 Å². The van der Waals surface area contributed by atoms with Gasteiger partial charge in [-0.3, -0.25) is 4.79 Å². The molecule has 0 heterocycles. The summed E-state index contributed by atoms with van der Waals surface area (Å²) in [4.78, 5) is 11.3. The van der Waals surface area contributed by atoms with E-state index in [-0.39, 0.29) is 5.92 Å². The minimum Gasteiger partial charge on any atom is -0.299 e. The molecule has 1 nitrogen and oxygen atoms in total. The highest BCUT2D eigenvalue weighted by Crippen LogP contribution is 2.33. The van der Waals surface area contributed by atoms with Crippen LogP contribution in [0.3, 0.4) is 0 Å². The van der Waals surface area contributed by atoms with Crippen LogP contribution in [0.4, 0.5) is 0 Å². The van der Waals surface area contributed by atoms with Crippen molar-refractivity contribution in [3.8, 4) is 0 Å². The van der Waals surface area contributed by atoms with E-state index in [4.69, 9.17) is 0 Å². The lowest BCUT2D eigenvalue weighted by Crippen LogP contribution is -2.10. The fourth-order valence-corrected chi connectivity index (χ4v) is 1.19. The van der Waals surface area contributed by atoms with Gasteiger partial charge in [0.05, 0.1) is 0 Å². The molecule has 1 saturated carbocycles. The highest BCUT2D eigenvalue weighted by Gasteiger charge is 2.25. The van der Waals surface area contributed by atoms with Gasteiger partial charge in [-0.2, -0.15) is 0 Å². The highest BCUT2D eigenvalue weighted by atomic mass is 16.1. The third-order valence-corrected chi connectivity index (χ3v) is 2.26. The Morgan fingerprint density at radius 1 is 1.73 bits per heavy atom. The summed E-state index contributed by atoms with van der Waals surface area (Å²) in [6, 6.07) is 0. The molecule has 1 aliphatic carbocycles. The molecule has 1 heteroatoms. The molecule has 1 rings (SSSR count). The number of carbonyl (C=O) groups excluding carboxylic acids is 1. The van der Waals surface area contributed by atoms with E-state index in [0.29, 0.717) is 5.78 Å². The molecular formula is C10H16O. The van der Waals surface area contributed by atoms with E-state index >= 15 is 0 Å². The van der Waals surface area contributed by atoms with Crippen molar-refractivity contribution in [2.45, 2.75) is 32.6 Å². The summed E-state index contributed by atoms with van der Waals surface area (Å²) >= 11 is 0. The second kappa shape index (κ2) is 3.70. The van der Waals surface area contributed by atoms with Crippen LogP contribution in [0, 0.1) is 11.8 Å². The van der Waals surface area contributed by atoms with E-state index in [2.05, 4.69) is 6.58 Å². The molecule has 62 valence electrons. The van der Waals surface area contributed by atoms with Crippen LogP contribution >= 0.6 is 0 Å². The Bertz CT molecular complexity index is 156. The maximum absolute atomic E-state index is 11.3. The average molecular weight is 152 g/mol. The number of ketones is 1. The molecule has 1 atom stereocenters. The van der Waals surface area contributed by atoms with Gasteiger partial charge in [0.25, 0.3) is 0 Å². The van der Waals surface area contributed by atoms with Crippen LogP contribution in [0.2, 0.25) is 0 Å². The zero-order valence-electron chi connectivity index (χ0n) is 7.18. The third kappa shape index (κ3) is 2.87. The van der Waals surface area contributed by atoms with Crippen molar-refractivity contribution < 1.29 is 4.79 Å². The summed E-state index contributed by atoms with van der Waals surface area (Å²) in [5, 5.41) is 0. The Morgan fingerprint density at radius 2 is 2.36 bits per heavy atom. The van der Waals surface area contributed by atoms with Crippen LogP contribution in [0.15, 0.2) is 12.7 Å². The fourth-order valence-electron chi connectivity index (χ4n) is 1.19. The molecule has 0 spiro atoms. The van der Waals surface area contributed by atoms with Crippen molar-refractivity contribution in [3.63, 3.8) is 0 Å². The summed E-state index contributed by atoms with van der Waals surface area (Å²) in [6.45, 7) is 5.62. The minimum absolute atomic E-state index is 0.202. The van der Waals surface area contributed by atoms with Crippen molar-refractivity contribution in [2.75, 3.05) is 0 Å². The molecule has 1 fully saturated rings. The molecule has 0 N–H and O–H groups in total. The predicted molar refractivity (Wildman–Crippen MR) is 46.3 cm³/mol. The summed E-state index contributed by atoms with van der Waals surface area (Å²) in [5.41, 5.74) is 0. The van der Waals surface area contributed by atoms with Gasteiger partial charge in [-0.25, -0.2) is 0 Å². The number of allylic oxidation sites excluding steroid dienone is 1. The van der Waals surface area contributed by atoms with Gasteiger partial charge in [0, 0.05) is 12.3 Å². The van der Waals surface area contributed by atoms with Gasteiger partial charge in [0.2, 0.25) is 0 Å². The molecule has 0 aromatic carbocycles. The smallest absolute Gasteiger partial charge is 0.136 e. The van der Waals surface area contributed by atoms with Crippen LogP contribution in [-0.2, 0) is 4.79 Å². The second-order valence-electron chi connectivity index (χ2n) is 3.54.